The van der Waals surface area contributed by atoms with Crippen molar-refractivity contribution in [3.63, 3.8) is 0 Å². The van der Waals surface area contributed by atoms with Crippen molar-refractivity contribution >= 4 is 27.8 Å². The minimum atomic E-state index is -4.00. The minimum absolute atomic E-state index is 0.0992. The van der Waals surface area contributed by atoms with E-state index in [1.165, 1.54) is 32.6 Å². The molecule has 0 atom stereocenters. The molecule has 0 aliphatic carbocycles. The van der Waals surface area contributed by atoms with Crippen LogP contribution in [0.25, 0.3) is 0 Å². The number of hydrazone groups is 1. The lowest BCUT2D eigenvalue weighted by atomic mass is 10.2. The van der Waals surface area contributed by atoms with E-state index in [-0.39, 0.29) is 10.6 Å². The fourth-order valence-corrected chi connectivity index (χ4v) is 3.73. The van der Waals surface area contributed by atoms with Crippen LogP contribution in [-0.2, 0) is 10.0 Å². The molecule has 0 heterocycles. The molecule has 0 saturated carbocycles. The van der Waals surface area contributed by atoms with Crippen LogP contribution < -0.4 is 23.8 Å². The van der Waals surface area contributed by atoms with Crippen LogP contribution in [-0.4, -0.2) is 42.1 Å². The molecule has 0 aliphatic rings. The van der Waals surface area contributed by atoms with Crippen LogP contribution >= 0.6 is 11.6 Å². The molecule has 0 aromatic heterocycles. The zero-order chi connectivity index (χ0) is 22.1. The van der Waals surface area contributed by atoms with Gasteiger partial charge in [-0.25, -0.2) is 0 Å². The highest BCUT2D eigenvalue weighted by Gasteiger charge is 2.20. The maximum Gasteiger partial charge on any atom is 0.280 e. The van der Waals surface area contributed by atoms with Gasteiger partial charge in [0.25, 0.3) is 10.0 Å². The average molecular weight is 457 g/mol. The van der Waals surface area contributed by atoms with Gasteiger partial charge in [-0.1, -0.05) is 18.5 Å². The number of methoxy groups -OCH3 is 2. The van der Waals surface area contributed by atoms with Crippen molar-refractivity contribution in [3.05, 3.63) is 40.9 Å². The highest BCUT2D eigenvalue weighted by molar-refractivity contribution is 7.89. The Labute approximate surface area is 181 Å². The Morgan fingerprint density at radius 2 is 1.83 bits per heavy atom. The summed E-state index contributed by atoms with van der Waals surface area (Å²) in [6.07, 6.45) is 2.14. The van der Waals surface area contributed by atoms with Crippen molar-refractivity contribution in [2.45, 2.75) is 25.2 Å². The number of rotatable bonds is 11. The van der Waals surface area contributed by atoms with Crippen LogP contribution in [0.15, 0.2) is 40.3 Å². The molecule has 0 aliphatic heterocycles. The maximum absolute atomic E-state index is 12.6. The number of benzene rings is 2. The third-order valence-electron chi connectivity index (χ3n) is 3.83. The summed E-state index contributed by atoms with van der Waals surface area (Å²) in [6, 6.07) is 7.73. The Kier molecular flexibility index (Phi) is 8.61. The largest absolute Gasteiger partial charge is 0.497 e. The van der Waals surface area contributed by atoms with E-state index in [2.05, 4.69) is 9.93 Å². The highest BCUT2D eigenvalue weighted by Crippen LogP contribution is 2.36. The van der Waals surface area contributed by atoms with Crippen LogP contribution in [0.5, 0.6) is 23.0 Å². The molecule has 2 aromatic rings. The van der Waals surface area contributed by atoms with Gasteiger partial charge in [0.1, 0.15) is 16.4 Å². The first-order valence-corrected chi connectivity index (χ1v) is 11.1. The third-order valence-corrected chi connectivity index (χ3v) is 5.35. The van der Waals surface area contributed by atoms with Gasteiger partial charge in [0.2, 0.25) is 0 Å². The summed E-state index contributed by atoms with van der Waals surface area (Å²) >= 11 is 6.31. The number of sulfonamides is 1. The first kappa shape index (κ1) is 23.6. The van der Waals surface area contributed by atoms with E-state index in [1.807, 2.05) is 13.8 Å². The summed E-state index contributed by atoms with van der Waals surface area (Å²) < 4.78 is 46.7. The van der Waals surface area contributed by atoms with Crippen molar-refractivity contribution in [2.24, 2.45) is 5.10 Å². The lowest BCUT2D eigenvalue weighted by Gasteiger charge is -2.14. The molecule has 0 unspecified atom stereocenters. The molecule has 0 amide bonds. The first-order valence-electron chi connectivity index (χ1n) is 9.22. The third kappa shape index (κ3) is 5.93. The van der Waals surface area contributed by atoms with Crippen molar-refractivity contribution in [3.8, 4) is 23.0 Å². The zero-order valence-corrected chi connectivity index (χ0v) is 18.8. The average Bonchev–Trinajstić information content (AvgIpc) is 2.72. The number of hydrogen-bond acceptors (Lipinski definition) is 7. The molecule has 2 aromatic carbocycles. The normalized spacial score (nSPS) is 11.4. The molecule has 1 N–H and O–H groups in total. The molecule has 0 saturated heterocycles. The fraction of sp³-hybridized carbons (Fsp3) is 0.350. The molecule has 0 bridgehead atoms. The van der Waals surface area contributed by atoms with Gasteiger partial charge < -0.3 is 18.9 Å². The van der Waals surface area contributed by atoms with E-state index >= 15 is 0 Å². The van der Waals surface area contributed by atoms with E-state index in [0.29, 0.717) is 41.0 Å². The summed E-state index contributed by atoms with van der Waals surface area (Å²) in [5.74, 6) is 1.44. The molecule has 10 heteroatoms. The molecule has 0 radical (unpaired) electrons. The SMILES string of the molecule is CCCOc1c(Cl)cc(/C=N/NS(=O)(=O)c2cc(OC)ccc2OC)cc1OCC. The Morgan fingerprint density at radius 1 is 1.07 bits per heavy atom. The van der Waals surface area contributed by atoms with Crippen molar-refractivity contribution < 1.29 is 27.4 Å². The molecule has 30 heavy (non-hydrogen) atoms. The van der Waals surface area contributed by atoms with E-state index in [9.17, 15) is 8.42 Å². The van der Waals surface area contributed by atoms with Crippen molar-refractivity contribution in [1.82, 2.24) is 4.83 Å². The van der Waals surface area contributed by atoms with Crippen LogP contribution in [0.3, 0.4) is 0 Å². The lowest BCUT2D eigenvalue weighted by molar-refractivity contribution is 0.277. The summed E-state index contributed by atoms with van der Waals surface area (Å²) in [7, 11) is -1.18. The maximum atomic E-state index is 12.6. The quantitative estimate of drug-likeness (QED) is 0.407. The van der Waals surface area contributed by atoms with Gasteiger partial charge in [0, 0.05) is 6.07 Å². The Balaban J connectivity index is 2.27. The van der Waals surface area contributed by atoms with Crippen molar-refractivity contribution in [2.75, 3.05) is 27.4 Å². The molecule has 8 nitrogen and oxygen atoms in total. The zero-order valence-electron chi connectivity index (χ0n) is 17.3. The van der Waals surface area contributed by atoms with Crippen LogP contribution in [0.1, 0.15) is 25.8 Å². The second kappa shape index (κ2) is 10.9. The smallest absolute Gasteiger partial charge is 0.280 e. The predicted molar refractivity (Wildman–Crippen MR) is 116 cm³/mol. The monoisotopic (exact) mass is 456 g/mol. The number of ether oxygens (including phenoxy) is 4. The van der Waals surface area contributed by atoms with E-state index < -0.39 is 10.0 Å². The Bertz CT molecular complexity index is 995. The van der Waals surface area contributed by atoms with Crippen LogP contribution in [0.4, 0.5) is 0 Å². The molecule has 164 valence electrons. The predicted octanol–water partition coefficient (Wildman–Crippen LogP) is 3.86. The summed E-state index contributed by atoms with van der Waals surface area (Å²) in [5.41, 5.74) is 0.535. The van der Waals surface area contributed by atoms with Gasteiger partial charge in [0.05, 0.1) is 38.7 Å². The summed E-state index contributed by atoms with van der Waals surface area (Å²) in [6.45, 7) is 4.74. The Morgan fingerprint density at radius 3 is 2.47 bits per heavy atom. The lowest BCUT2D eigenvalue weighted by Crippen LogP contribution is -2.19. The van der Waals surface area contributed by atoms with Gasteiger partial charge in [-0.2, -0.15) is 18.4 Å². The van der Waals surface area contributed by atoms with Gasteiger partial charge in [0.15, 0.2) is 11.5 Å². The standard InChI is InChI=1S/C20H25ClN2O6S/c1-5-9-29-20-16(21)10-14(11-18(20)28-6-2)13-22-23-30(24,25)19-12-15(26-3)7-8-17(19)27-4/h7-8,10-13,23H,5-6,9H2,1-4H3/b22-13+. The number of hydrogen-bond donors (Lipinski definition) is 1. The van der Waals surface area contributed by atoms with E-state index in [4.69, 9.17) is 30.5 Å². The highest BCUT2D eigenvalue weighted by atomic mass is 35.5. The van der Waals surface area contributed by atoms with Gasteiger partial charge in [-0.15, -0.1) is 0 Å². The van der Waals surface area contributed by atoms with Crippen LogP contribution in [0, 0.1) is 0 Å². The summed E-state index contributed by atoms with van der Waals surface area (Å²) in [5, 5.41) is 4.18. The van der Waals surface area contributed by atoms with E-state index in [1.54, 1.807) is 18.2 Å². The topological polar surface area (TPSA) is 95.5 Å². The van der Waals surface area contributed by atoms with Gasteiger partial charge >= 0.3 is 0 Å². The van der Waals surface area contributed by atoms with Gasteiger partial charge in [-0.05, 0) is 43.2 Å². The molecule has 0 fully saturated rings. The molecular formula is C20H25ClN2O6S. The first-order chi connectivity index (χ1) is 14.4. The molecule has 0 spiro atoms. The number of nitrogens with one attached hydrogen (secondary N) is 1. The number of halogens is 1. The molecule has 2 rings (SSSR count). The fourth-order valence-electron chi connectivity index (χ4n) is 2.48. The van der Waals surface area contributed by atoms with Crippen molar-refractivity contribution in [1.29, 1.82) is 0 Å². The van der Waals surface area contributed by atoms with Gasteiger partial charge in [-0.3, -0.25) is 0 Å². The number of nitrogens with zero attached hydrogens (tertiary/aromatic N) is 1. The minimum Gasteiger partial charge on any atom is -0.497 e. The van der Waals surface area contributed by atoms with Crippen LogP contribution in [0.2, 0.25) is 5.02 Å². The second-order valence-electron chi connectivity index (χ2n) is 5.98. The summed E-state index contributed by atoms with van der Waals surface area (Å²) in [4.78, 5) is 2.06. The Hall–Kier alpha value is -2.65. The second-order valence-corrected chi connectivity index (χ2v) is 8.02. The van der Waals surface area contributed by atoms with E-state index in [0.717, 1.165) is 6.42 Å². The molecular weight excluding hydrogens is 432 g/mol.